The van der Waals surface area contributed by atoms with E-state index in [4.69, 9.17) is 27.8 Å². The summed E-state index contributed by atoms with van der Waals surface area (Å²) < 4.78 is 49.9. The second kappa shape index (κ2) is 28.2. The highest BCUT2D eigenvalue weighted by Crippen LogP contribution is 2.56. The van der Waals surface area contributed by atoms with Crippen molar-refractivity contribution >= 4 is 60.7 Å². The van der Waals surface area contributed by atoms with Crippen LogP contribution in [0.5, 0.6) is 11.6 Å². The van der Waals surface area contributed by atoms with Gasteiger partial charge in [-0.15, -0.1) is 10.2 Å². The zero-order valence-electron chi connectivity index (χ0n) is 51.3. The van der Waals surface area contributed by atoms with Crippen LogP contribution in [0.2, 0.25) is 0 Å². The number of phosphoric acid groups is 1. The molecule has 5 heterocycles. The largest absolute Gasteiger partial charge is 0.531 e. The molecule has 4 aliphatic rings. The summed E-state index contributed by atoms with van der Waals surface area (Å²) in [6.45, 7) is 18.7. The Morgan fingerprint density at radius 2 is 1.56 bits per heavy atom. The third-order valence-electron chi connectivity index (χ3n) is 15.5. The number of unbranched alkanes of at least 4 members (excludes halogenated alkanes) is 1. The summed E-state index contributed by atoms with van der Waals surface area (Å²) in [4.78, 5) is 80.6. The number of ether oxygens (including phenoxy) is 3. The Kier molecular flexibility index (Phi) is 21.2. The highest BCUT2D eigenvalue weighted by molar-refractivity contribution is 7.49. The molecule has 4 aromatic rings. The lowest BCUT2D eigenvalue weighted by Crippen LogP contribution is -2.56. The van der Waals surface area contributed by atoms with Crippen molar-refractivity contribution in [1.29, 1.82) is 0 Å². The number of amides is 4. The number of nitrogens with zero attached hydrogens (tertiary/aromatic N) is 8. The van der Waals surface area contributed by atoms with Crippen molar-refractivity contribution in [3.63, 3.8) is 0 Å². The van der Waals surface area contributed by atoms with Crippen LogP contribution < -0.4 is 35.0 Å². The molecule has 3 unspecified atom stereocenters. The molecule has 3 aliphatic heterocycles. The Balaban J connectivity index is 0.976. The maximum absolute atomic E-state index is 14.4. The van der Waals surface area contributed by atoms with E-state index in [1.807, 2.05) is 39.2 Å². The zero-order valence-corrected chi connectivity index (χ0v) is 52.2. The number of benzene rings is 2. The summed E-state index contributed by atoms with van der Waals surface area (Å²) in [5.74, 6) is -0.671. The highest BCUT2D eigenvalue weighted by atomic mass is 31.2. The number of nitrogens with one attached hydrogen (secondary N) is 3. The van der Waals surface area contributed by atoms with Crippen molar-refractivity contribution in [3.8, 4) is 22.9 Å². The number of rotatable bonds is 25. The lowest BCUT2D eigenvalue weighted by Gasteiger charge is -2.43. The maximum atomic E-state index is 14.4. The van der Waals surface area contributed by atoms with Crippen molar-refractivity contribution in [3.05, 3.63) is 78.5 Å². The van der Waals surface area contributed by atoms with Gasteiger partial charge in [0.05, 0.1) is 29.2 Å². The first-order chi connectivity index (χ1) is 40.8. The van der Waals surface area contributed by atoms with Crippen LogP contribution in [0.1, 0.15) is 112 Å². The Bertz CT molecular complexity index is 3030. The highest BCUT2D eigenvalue weighted by Gasteiger charge is 2.53. The van der Waals surface area contributed by atoms with Crippen LogP contribution in [-0.4, -0.2) is 173 Å². The van der Waals surface area contributed by atoms with Crippen LogP contribution in [0.3, 0.4) is 0 Å². The molecule has 24 nitrogen and oxygen atoms in total. The summed E-state index contributed by atoms with van der Waals surface area (Å²) in [5.41, 5.74) is 0.328. The second-order valence-corrected chi connectivity index (χ2v) is 26.2. The first kappa shape index (κ1) is 64.9. The molecule has 1 saturated carbocycles. The Labute approximate surface area is 504 Å². The minimum Gasteiger partial charge on any atom is -0.476 e. The summed E-state index contributed by atoms with van der Waals surface area (Å²) in [5, 5.41) is 27.3. The van der Waals surface area contributed by atoms with Crippen LogP contribution in [0.4, 0.5) is 32.5 Å². The SMILES string of the molecule is CCOC(=O)C1(C(=O)N[C@@H](CCCCN(C)C)C(=O)Nc2ccc(COC(=O)Nc3nnc(-c4ccccc4OP(=O)(OC(C)(C)C)OC(C)(C)C)cc3N3CC4CCC(C3)N4c3ccnc(OCCN4CCN(C(=O)O)CC4C)c3)cc2)CCC1. The monoisotopic (exact) mass is 1210 g/mol. The molecule has 4 fully saturated rings. The lowest BCUT2D eigenvalue weighted by atomic mass is 9.68. The molecule has 4 N–H and O–H groups in total. The van der Waals surface area contributed by atoms with Crippen molar-refractivity contribution in [2.75, 3.05) is 93.6 Å². The third kappa shape index (κ3) is 17.1. The fourth-order valence-electron chi connectivity index (χ4n) is 11.2. The molecule has 25 heteroatoms. The molecule has 2 aromatic heterocycles. The van der Waals surface area contributed by atoms with E-state index in [1.54, 1.807) is 103 Å². The van der Waals surface area contributed by atoms with E-state index in [2.05, 4.69) is 50.7 Å². The van der Waals surface area contributed by atoms with Crippen LogP contribution in [-0.2, 0) is 44.1 Å². The van der Waals surface area contributed by atoms with E-state index >= 15 is 0 Å². The molecule has 0 radical (unpaired) electrons. The molecular formula is C61H86N11O13P. The third-order valence-corrected chi connectivity index (χ3v) is 17.5. The van der Waals surface area contributed by atoms with Gasteiger partial charge in [-0.25, -0.2) is 19.1 Å². The van der Waals surface area contributed by atoms with Gasteiger partial charge in [0.15, 0.2) is 5.82 Å². The van der Waals surface area contributed by atoms with Crippen molar-refractivity contribution < 1.29 is 61.4 Å². The first-order valence-corrected chi connectivity index (χ1v) is 31.3. The van der Waals surface area contributed by atoms with Crippen molar-refractivity contribution in [1.82, 2.24) is 35.2 Å². The van der Waals surface area contributed by atoms with Crippen LogP contribution in [0.15, 0.2) is 72.9 Å². The van der Waals surface area contributed by atoms with Gasteiger partial charge in [0.1, 0.15) is 30.4 Å². The molecular weight excluding hydrogens is 1130 g/mol. The Hall–Kier alpha value is -7.11. The molecule has 4 atom stereocenters. The van der Waals surface area contributed by atoms with Crippen LogP contribution in [0, 0.1) is 5.41 Å². The van der Waals surface area contributed by atoms with E-state index in [0.29, 0.717) is 112 Å². The molecule has 4 amide bonds. The van der Waals surface area contributed by atoms with Crippen LogP contribution >= 0.6 is 7.82 Å². The van der Waals surface area contributed by atoms with Gasteiger partial charge in [0.25, 0.3) is 0 Å². The number of para-hydroxylation sites is 1. The normalized spacial score (nSPS) is 19.1. The van der Waals surface area contributed by atoms with E-state index in [-0.39, 0.29) is 42.9 Å². The number of hydrogen-bond donors (Lipinski definition) is 4. The number of esters is 1. The van der Waals surface area contributed by atoms with Gasteiger partial charge in [-0.1, -0.05) is 30.7 Å². The number of carbonyl (C=O) groups is 5. The fraction of sp³-hybridized carbons (Fsp3) is 0.574. The van der Waals surface area contributed by atoms with Gasteiger partial charge >= 0.3 is 26.0 Å². The molecule has 0 spiro atoms. The van der Waals surface area contributed by atoms with Gasteiger partial charge in [-0.3, -0.25) is 33.6 Å². The van der Waals surface area contributed by atoms with Crippen LogP contribution in [0.25, 0.3) is 11.3 Å². The standard InChI is InChI=1S/C61H86N11O13P/c1-11-80-56(75)61(27-16-28-61)55(74)64-48(18-14-15-30-68(9)10)54(73)63-43-22-20-42(21-23-43)40-82-57(76)65-53-50(36-49(66-67-53)47-17-12-13-19-51(47)83-86(79,84-59(3,4)5)85-60(6,7)8)71-38-45-24-25-46(39-71)72(45)44-26-29-62-52(35-44)81-34-33-69-31-32-70(58(77)78)37-41(69)2/h12-13,17,19-23,26,29,35-36,41,45-46,48H,11,14-16,18,24-25,27-28,30-34,37-40H2,1-10H3,(H,63,73)(H,64,74)(H,77,78)(H,65,67,76)/t41?,45?,46?,48-/m0/s1. The minimum absolute atomic E-state index is 0.0404. The number of aromatic nitrogens is 3. The summed E-state index contributed by atoms with van der Waals surface area (Å²) in [7, 11) is -0.314. The average Bonchev–Trinajstić information content (AvgIpc) is 3.94. The minimum atomic E-state index is -4.25. The topological polar surface area (TPSA) is 269 Å². The van der Waals surface area contributed by atoms with Gasteiger partial charge in [-0.2, -0.15) is 0 Å². The number of pyridine rings is 1. The molecule has 2 aromatic carbocycles. The van der Waals surface area contributed by atoms with Gasteiger partial charge in [-0.05, 0) is 163 Å². The van der Waals surface area contributed by atoms with Crippen molar-refractivity contribution in [2.45, 2.75) is 149 Å². The quantitative estimate of drug-likeness (QED) is 0.0208. The van der Waals surface area contributed by atoms with E-state index in [0.717, 1.165) is 31.5 Å². The predicted octanol–water partition coefficient (Wildman–Crippen LogP) is 9.21. The number of carboxylic acid groups (broad SMARTS) is 1. The number of phosphoric ester groups is 1. The Morgan fingerprint density at radius 3 is 2.19 bits per heavy atom. The molecule has 2 bridgehead atoms. The number of piperazine rings is 2. The molecule has 8 rings (SSSR count). The van der Waals surface area contributed by atoms with Gasteiger partial charge < -0.3 is 54.1 Å². The summed E-state index contributed by atoms with van der Waals surface area (Å²) in [6, 6.07) is 18.8. The summed E-state index contributed by atoms with van der Waals surface area (Å²) in [6.07, 6.45) is 5.09. The lowest BCUT2D eigenvalue weighted by molar-refractivity contribution is -0.167. The van der Waals surface area contributed by atoms with Crippen molar-refractivity contribution in [2.24, 2.45) is 5.41 Å². The number of anilines is 4. The molecule has 86 heavy (non-hydrogen) atoms. The summed E-state index contributed by atoms with van der Waals surface area (Å²) >= 11 is 0. The predicted molar refractivity (Wildman–Crippen MR) is 325 cm³/mol. The molecule has 468 valence electrons. The smallest absolute Gasteiger partial charge is 0.476 e. The number of carbonyl (C=O) groups excluding carboxylic acids is 4. The van der Waals surface area contributed by atoms with E-state index < -0.39 is 60.5 Å². The van der Waals surface area contributed by atoms with Gasteiger partial charge in [0.2, 0.25) is 17.7 Å². The number of hydrogen-bond acceptors (Lipinski definition) is 19. The second-order valence-electron chi connectivity index (χ2n) is 24.8. The fourth-order valence-corrected chi connectivity index (χ4v) is 13.1. The molecule has 1 aliphatic carbocycles. The maximum Gasteiger partial charge on any atom is 0.531 e. The van der Waals surface area contributed by atoms with Gasteiger partial charge in [0, 0.05) is 86.6 Å². The first-order valence-electron chi connectivity index (χ1n) is 29.8. The Morgan fingerprint density at radius 1 is 0.860 bits per heavy atom. The number of fused-ring (bicyclic) bond motifs is 2. The van der Waals surface area contributed by atoms with E-state index in [1.165, 1.54) is 4.90 Å². The average molecular weight is 1210 g/mol. The van der Waals surface area contributed by atoms with E-state index in [9.17, 15) is 33.6 Å². The molecule has 3 saturated heterocycles. The zero-order chi connectivity index (χ0) is 62.0.